The number of aromatic nitrogens is 6. The number of hydrogen-bond acceptors (Lipinski definition) is 18. The van der Waals surface area contributed by atoms with E-state index < -0.39 is 29.3 Å². The number of nitrogens with two attached hydrogens (primary N) is 1. The van der Waals surface area contributed by atoms with Gasteiger partial charge >= 0.3 is 12.1 Å². The van der Waals surface area contributed by atoms with Gasteiger partial charge in [0.1, 0.15) is 29.1 Å². The summed E-state index contributed by atoms with van der Waals surface area (Å²) in [4.78, 5) is 80.2. The van der Waals surface area contributed by atoms with Crippen LogP contribution in [0.4, 0.5) is 25.0 Å². The van der Waals surface area contributed by atoms with Crippen LogP contribution in [-0.2, 0) is 98.6 Å². The van der Waals surface area contributed by atoms with Gasteiger partial charge in [0.2, 0.25) is 17.7 Å². The van der Waals surface area contributed by atoms with Crippen molar-refractivity contribution in [3.8, 4) is 22.3 Å². The van der Waals surface area contributed by atoms with Gasteiger partial charge in [0.05, 0.1) is 34.5 Å². The number of ether oxygens (including phenoxy) is 3. The molecule has 4 fully saturated rings. The summed E-state index contributed by atoms with van der Waals surface area (Å²) in [5, 5.41) is 40.1. The molecule has 616 valence electrons. The predicted octanol–water partition coefficient (Wildman–Crippen LogP) is 12.7. The number of benzene rings is 4. The number of fused-ring (bicyclic) bond motifs is 2. The summed E-state index contributed by atoms with van der Waals surface area (Å²) in [6.07, 6.45) is 10.3. The van der Waals surface area contributed by atoms with Gasteiger partial charge in [-0.2, -0.15) is 10.2 Å². The van der Waals surface area contributed by atoms with E-state index in [2.05, 4.69) is 77.9 Å². The number of carbonyl (C=O) groups is 5. The Morgan fingerprint density at radius 2 is 1.08 bits per heavy atom. The average Bonchev–Trinajstić information content (AvgIpc) is 1.60. The summed E-state index contributed by atoms with van der Waals surface area (Å²) in [6, 6.07) is 26.9. The van der Waals surface area contributed by atoms with Crippen molar-refractivity contribution in [1.82, 2.24) is 65.5 Å². The number of rotatable bonds is 29. The first-order valence-corrected chi connectivity index (χ1v) is 41.1. The fraction of sp³-hybridized carbons (Fsp3) is 0.529. The lowest BCUT2D eigenvalue weighted by Crippen LogP contribution is -2.54. The number of amides is 4. The normalized spacial score (nSPS) is 17.1. The highest BCUT2D eigenvalue weighted by molar-refractivity contribution is 6.01. The molecular weight excluding hydrogens is 1450 g/mol. The Morgan fingerprint density at radius 1 is 0.605 bits per heavy atom. The third-order valence-electron chi connectivity index (χ3n) is 21.5. The van der Waals surface area contributed by atoms with Gasteiger partial charge in [-0.25, -0.2) is 32.9 Å². The van der Waals surface area contributed by atoms with Crippen molar-refractivity contribution in [3.63, 3.8) is 0 Å². The highest BCUT2D eigenvalue weighted by Crippen LogP contribution is 2.35. The van der Waals surface area contributed by atoms with Gasteiger partial charge in [0, 0.05) is 176 Å². The van der Waals surface area contributed by atoms with Crippen molar-refractivity contribution in [2.45, 2.75) is 222 Å². The van der Waals surface area contributed by atoms with Gasteiger partial charge in [0.15, 0.2) is 11.3 Å². The molecule has 12 rings (SSSR count). The zero-order valence-electron chi connectivity index (χ0n) is 68.6. The quantitative estimate of drug-likeness (QED) is 0.0202. The smallest absolute Gasteiger partial charge is 0.410 e. The summed E-state index contributed by atoms with van der Waals surface area (Å²) in [5.41, 5.74) is 18.9. The minimum atomic E-state index is -1.09. The highest BCUT2D eigenvalue weighted by atomic mass is 19.1. The van der Waals surface area contributed by atoms with E-state index in [-0.39, 0.29) is 67.3 Å². The van der Waals surface area contributed by atoms with Crippen LogP contribution in [0, 0.1) is 23.5 Å². The van der Waals surface area contributed by atoms with Crippen LogP contribution in [-0.4, -0.2) is 175 Å². The maximum absolute atomic E-state index is 15.2. The first kappa shape index (κ1) is 86.9. The molecule has 0 saturated carbocycles. The van der Waals surface area contributed by atoms with Gasteiger partial charge in [0.25, 0.3) is 0 Å². The number of anilines is 2. The van der Waals surface area contributed by atoms with Gasteiger partial charge in [-0.15, -0.1) is 0 Å². The van der Waals surface area contributed by atoms with Crippen LogP contribution >= 0.6 is 0 Å². The number of piperazine rings is 2. The Kier molecular flexibility index (Phi) is 31.8. The van der Waals surface area contributed by atoms with Gasteiger partial charge in [-0.1, -0.05) is 89.1 Å². The van der Waals surface area contributed by atoms with Crippen molar-refractivity contribution < 1.29 is 52.1 Å². The van der Waals surface area contributed by atoms with Crippen molar-refractivity contribution in [2.75, 3.05) is 76.3 Å². The Bertz CT molecular complexity index is 4550. The molecule has 0 spiro atoms. The molecule has 2 unspecified atom stereocenters. The number of nitrogens with one attached hydrogen (secondary N) is 6. The van der Waals surface area contributed by atoms with Crippen molar-refractivity contribution in [3.05, 3.63) is 154 Å². The Morgan fingerprint density at radius 3 is 1.54 bits per heavy atom. The summed E-state index contributed by atoms with van der Waals surface area (Å²) in [6.45, 7) is 33.7. The highest BCUT2D eigenvalue weighted by Gasteiger charge is 2.33. The third kappa shape index (κ3) is 23.2. The Labute approximate surface area is 670 Å². The van der Waals surface area contributed by atoms with Crippen LogP contribution in [0.2, 0.25) is 0 Å². The van der Waals surface area contributed by atoms with Gasteiger partial charge in [-0.05, 0) is 170 Å². The van der Waals surface area contributed by atoms with Crippen LogP contribution in [0.5, 0.6) is 0 Å². The maximum atomic E-state index is 15.2. The molecule has 4 atom stereocenters. The molecule has 25 nitrogen and oxygen atoms in total. The largest absolute Gasteiger partial charge is 0.481 e. The minimum Gasteiger partial charge on any atom is -0.481 e. The van der Waals surface area contributed by atoms with E-state index in [0.29, 0.717) is 108 Å². The first-order valence-electron chi connectivity index (χ1n) is 41.1. The Hall–Kier alpha value is -9.51. The fourth-order valence-corrected chi connectivity index (χ4v) is 15.4. The number of hydrogen-bond donors (Lipinski definition) is 8. The molecule has 4 aromatic carbocycles. The van der Waals surface area contributed by atoms with Gasteiger partial charge in [-0.3, -0.25) is 29.0 Å². The number of aryl methyl sites for hydroxylation is 4. The summed E-state index contributed by atoms with van der Waals surface area (Å²) in [5.74, 6) is -4.71. The zero-order valence-corrected chi connectivity index (χ0v) is 68.6. The van der Waals surface area contributed by atoms with Crippen LogP contribution in [0.25, 0.3) is 44.3 Å². The van der Waals surface area contributed by atoms with Crippen molar-refractivity contribution >= 4 is 63.2 Å². The molecular formula is C87H120F2N16O9. The maximum Gasteiger partial charge on any atom is 0.410 e. The molecule has 9 N–H and O–H groups in total. The Balaban J connectivity index is 0.000000193. The second-order valence-corrected chi connectivity index (χ2v) is 31.2. The number of carbonyl (C=O) groups excluding carboxylic acids is 4. The molecule has 4 aromatic heterocycles. The summed E-state index contributed by atoms with van der Waals surface area (Å²) >= 11 is 0. The molecule has 4 aliphatic rings. The second-order valence-electron chi connectivity index (χ2n) is 31.2. The molecule has 0 radical (unpaired) electrons. The van der Waals surface area contributed by atoms with Crippen LogP contribution in [0.15, 0.2) is 97.3 Å². The average molecular weight is 1570 g/mol. The van der Waals surface area contributed by atoms with Crippen molar-refractivity contribution in [2.24, 2.45) is 17.6 Å². The number of pyridine rings is 2. The number of carboxylic acid groups (broad SMARTS) is 1. The molecule has 0 bridgehead atoms. The number of aliphatic carboxylic acids is 1. The lowest BCUT2D eigenvalue weighted by Gasteiger charge is -2.40. The minimum absolute atomic E-state index is 0.0652. The molecule has 114 heavy (non-hydrogen) atoms. The van der Waals surface area contributed by atoms with Crippen LogP contribution in [0.3, 0.4) is 0 Å². The molecule has 4 amide bonds. The lowest BCUT2D eigenvalue weighted by molar-refractivity contribution is -0.147. The van der Waals surface area contributed by atoms with E-state index in [0.717, 1.165) is 161 Å². The lowest BCUT2D eigenvalue weighted by atomic mass is 9.99. The predicted molar refractivity (Wildman–Crippen MR) is 442 cm³/mol. The topological polar surface area (TPSA) is 303 Å². The SMILES string of the molecule is CCCC(C(=O)NCc1ccc(F)c(-c2cccc(CN3CCN[C@@H](C)C3)c2)c1)C(=O)NCc1c(CC)nc2c(cnn2CC)c1NC1CCOCC1.CCCC(C(=O)O)C(=O)NCc1c(CC)nc2c(cnn2CC)c1NC1CCOCC1.C[C@H]1CN(Cc2cccc(-c3cc(CN)ccc3F)c2)CCN1C(=O)OC(C)(C)C. The first-order chi connectivity index (χ1) is 54.9. The van der Waals surface area contributed by atoms with Gasteiger partial charge < -0.3 is 61.9 Å². The number of nitrogens with zero attached hydrogens (tertiary/aromatic N) is 9. The van der Waals surface area contributed by atoms with E-state index in [4.69, 9.17) is 29.9 Å². The molecule has 27 heteroatoms. The third-order valence-corrected chi connectivity index (χ3v) is 21.5. The van der Waals surface area contributed by atoms with E-state index in [9.17, 15) is 33.5 Å². The van der Waals surface area contributed by atoms with E-state index in [1.54, 1.807) is 23.1 Å². The molecule has 4 saturated heterocycles. The zero-order chi connectivity index (χ0) is 81.6. The van der Waals surface area contributed by atoms with E-state index in [1.807, 2.05) is 127 Å². The monoisotopic (exact) mass is 1570 g/mol. The standard InChI is InChI=1S/C41H55FN8O3.C24H32FN3O2.C22H33N5O4/c1-5-9-32(41(52)45-23-34-37(6-2)48-39-35(24-46-50(39)7-3)38(34)47-31-14-18-53-19-15-31)40(51)44-22-28-12-13-36(42)33(21-28)30-11-8-10-29(20-30)26-49-17-16-43-27(4)25-49;1-17-15-27(10-11-28(17)23(29)30-24(2,3)4)16-19-6-5-7-20(12-19)21-13-18(14-26)8-9-22(21)25;1-4-7-15(22(29)30)21(28)23-12-16-18(5-2)26-20-17(13-24-27(20)6-3)19(16)25-14-8-10-31-11-9-14/h8,10-13,20-21,24,27,31-32,43H,5-7,9,14-19,22-23,25-26H2,1-4H3,(H,44,51)(H,45,52)(H,47,48);5-9,12-13,17H,10-11,14-16,26H2,1-4H3;13-15H,4-12H2,1-3H3,(H,23,28)(H,25,26)(H,29,30)/t27-,32?;17-;/m00./s1. The fourth-order valence-electron chi connectivity index (χ4n) is 15.4. The molecule has 8 heterocycles. The molecule has 4 aliphatic heterocycles. The summed E-state index contributed by atoms with van der Waals surface area (Å²) < 4.78 is 49.9. The number of carboxylic acids is 1. The molecule has 0 aliphatic carbocycles. The summed E-state index contributed by atoms with van der Waals surface area (Å²) in [7, 11) is 0. The van der Waals surface area contributed by atoms with Crippen LogP contribution < -0.4 is 37.6 Å². The second kappa shape index (κ2) is 41.7. The molecule has 8 aromatic rings. The van der Waals surface area contributed by atoms with Crippen molar-refractivity contribution in [1.29, 1.82) is 0 Å². The number of halogens is 2. The van der Waals surface area contributed by atoms with Crippen LogP contribution in [0.1, 0.15) is 172 Å². The van der Waals surface area contributed by atoms with E-state index in [1.165, 1.54) is 12.1 Å². The van der Waals surface area contributed by atoms with E-state index >= 15 is 4.39 Å².